The van der Waals surface area contributed by atoms with Gasteiger partial charge in [0, 0.05) is 66.0 Å². The average Bonchev–Trinajstić information content (AvgIpc) is 2.81. The average molecular weight is 426 g/mol. The van der Waals surface area contributed by atoms with E-state index in [9.17, 15) is 14.4 Å². The van der Waals surface area contributed by atoms with Crippen molar-refractivity contribution >= 4 is 11.7 Å². The smallest absolute Gasteiger partial charge is 0.332 e. The lowest BCUT2D eigenvalue weighted by atomic mass is 9.96. The summed E-state index contributed by atoms with van der Waals surface area (Å²) in [6, 6.07) is 11.9. The molecule has 2 aliphatic rings. The van der Waals surface area contributed by atoms with Crippen molar-refractivity contribution in [3.8, 4) is 0 Å². The van der Waals surface area contributed by atoms with Crippen LogP contribution in [0.2, 0.25) is 0 Å². The first-order chi connectivity index (χ1) is 14.9. The number of hydrogen-bond donors (Lipinski definition) is 0. The largest absolute Gasteiger partial charge is 0.357 e. The highest BCUT2D eigenvalue weighted by Gasteiger charge is 2.32. The monoisotopic (exact) mass is 425 g/mol. The molecule has 0 bridgehead atoms. The molecule has 4 rings (SSSR count). The first-order valence-electron chi connectivity index (χ1n) is 11.0. The molecule has 1 amide bonds. The fourth-order valence-electron chi connectivity index (χ4n) is 4.64. The highest BCUT2D eigenvalue weighted by molar-refractivity contribution is 5.80. The van der Waals surface area contributed by atoms with Crippen molar-refractivity contribution in [1.29, 1.82) is 0 Å². The molecule has 0 aliphatic carbocycles. The number of hydrogen-bond acceptors (Lipinski definition) is 5. The molecule has 1 unspecified atom stereocenters. The van der Waals surface area contributed by atoms with E-state index in [0.29, 0.717) is 12.4 Å². The Kier molecular flexibility index (Phi) is 6.27. The van der Waals surface area contributed by atoms with Crippen molar-refractivity contribution in [2.24, 2.45) is 20.0 Å². The molecule has 1 aromatic heterocycles. The van der Waals surface area contributed by atoms with Crippen LogP contribution in [0.3, 0.4) is 0 Å². The van der Waals surface area contributed by atoms with Gasteiger partial charge in [-0.15, -0.1) is 0 Å². The molecule has 2 aliphatic heterocycles. The van der Waals surface area contributed by atoms with Gasteiger partial charge >= 0.3 is 5.69 Å². The van der Waals surface area contributed by atoms with Crippen LogP contribution in [0, 0.1) is 5.92 Å². The molecule has 31 heavy (non-hydrogen) atoms. The minimum atomic E-state index is -0.342. The summed E-state index contributed by atoms with van der Waals surface area (Å²) in [5.74, 6) is 0.685. The van der Waals surface area contributed by atoms with Crippen LogP contribution in [-0.4, -0.2) is 64.1 Å². The second-order valence-electron chi connectivity index (χ2n) is 8.61. The van der Waals surface area contributed by atoms with Gasteiger partial charge in [0.2, 0.25) is 5.91 Å². The quantitative estimate of drug-likeness (QED) is 0.719. The van der Waals surface area contributed by atoms with E-state index >= 15 is 0 Å². The Labute approximate surface area is 182 Å². The summed E-state index contributed by atoms with van der Waals surface area (Å²) >= 11 is 0. The van der Waals surface area contributed by atoms with Crippen LogP contribution in [0.1, 0.15) is 18.4 Å². The van der Waals surface area contributed by atoms with Crippen molar-refractivity contribution in [3.05, 3.63) is 62.8 Å². The molecular formula is C23H31N5O3. The number of piperazine rings is 1. The zero-order valence-electron chi connectivity index (χ0n) is 18.4. The van der Waals surface area contributed by atoms with Crippen molar-refractivity contribution < 1.29 is 4.79 Å². The normalized spacial score (nSPS) is 20.1. The van der Waals surface area contributed by atoms with Crippen LogP contribution < -0.4 is 16.1 Å². The summed E-state index contributed by atoms with van der Waals surface area (Å²) in [7, 11) is 3.16. The van der Waals surface area contributed by atoms with Gasteiger partial charge in [0.05, 0.1) is 5.92 Å². The van der Waals surface area contributed by atoms with Crippen molar-refractivity contribution in [3.63, 3.8) is 0 Å². The van der Waals surface area contributed by atoms with Crippen molar-refractivity contribution in [2.75, 3.05) is 44.2 Å². The third-order valence-electron chi connectivity index (χ3n) is 6.53. The molecule has 8 nitrogen and oxygen atoms in total. The zero-order chi connectivity index (χ0) is 22.0. The minimum absolute atomic E-state index is 0.103. The fraction of sp³-hybridized carbons (Fsp3) is 0.522. The second kappa shape index (κ2) is 9.09. The predicted molar refractivity (Wildman–Crippen MR) is 120 cm³/mol. The van der Waals surface area contributed by atoms with E-state index in [1.165, 1.54) is 23.2 Å². The van der Waals surface area contributed by atoms with Gasteiger partial charge in [-0.2, -0.15) is 0 Å². The molecule has 0 spiro atoms. The van der Waals surface area contributed by atoms with Gasteiger partial charge in [-0.05, 0) is 18.4 Å². The SMILES string of the molecule is Cn1c(N2CCCC(C(=O)N3CCN(Cc4ccccc4)CC3)C2)cc(=O)n(C)c1=O. The van der Waals surface area contributed by atoms with Gasteiger partial charge in [0.25, 0.3) is 5.56 Å². The Morgan fingerprint density at radius 3 is 2.39 bits per heavy atom. The van der Waals surface area contributed by atoms with Crippen molar-refractivity contribution in [2.45, 2.75) is 19.4 Å². The van der Waals surface area contributed by atoms with Gasteiger partial charge in [0.1, 0.15) is 5.82 Å². The Morgan fingerprint density at radius 2 is 1.68 bits per heavy atom. The van der Waals surface area contributed by atoms with Gasteiger partial charge in [-0.25, -0.2) is 4.79 Å². The van der Waals surface area contributed by atoms with Gasteiger partial charge in [0.15, 0.2) is 0 Å². The highest BCUT2D eigenvalue weighted by atomic mass is 16.2. The maximum Gasteiger partial charge on any atom is 0.332 e. The second-order valence-corrected chi connectivity index (χ2v) is 8.61. The predicted octanol–water partition coefficient (Wildman–Crippen LogP) is 0.645. The van der Waals surface area contributed by atoms with E-state index in [1.807, 2.05) is 15.9 Å². The zero-order valence-corrected chi connectivity index (χ0v) is 18.4. The number of aromatic nitrogens is 2. The Hall–Kier alpha value is -2.87. The first kappa shape index (κ1) is 21.4. The number of piperidine rings is 1. The van der Waals surface area contributed by atoms with Gasteiger partial charge < -0.3 is 9.80 Å². The van der Waals surface area contributed by atoms with Crippen LogP contribution in [0.5, 0.6) is 0 Å². The third-order valence-corrected chi connectivity index (χ3v) is 6.53. The molecule has 0 saturated carbocycles. The topological polar surface area (TPSA) is 70.8 Å². The number of amides is 1. The number of nitrogens with zero attached hydrogens (tertiary/aromatic N) is 5. The summed E-state index contributed by atoms with van der Waals surface area (Å²) in [6.07, 6.45) is 1.71. The lowest BCUT2D eigenvalue weighted by Gasteiger charge is -2.39. The lowest BCUT2D eigenvalue weighted by molar-refractivity contribution is -0.137. The molecule has 0 radical (unpaired) electrons. The van der Waals surface area contributed by atoms with Crippen LogP contribution in [0.25, 0.3) is 0 Å². The molecule has 166 valence electrons. The van der Waals surface area contributed by atoms with E-state index in [0.717, 1.165) is 56.7 Å². The van der Waals surface area contributed by atoms with E-state index in [2.05, 4.69) is 29.2 Å². The summed E-state index contributed by atoms with van der Waals surface area (Å²) < 4.78 is 2.60. The molecule has 1 aromatic carbocycles. The number of rotatable bonds is 4. The number of carbonyl (C=O) groups is 1. The van der Waals surface area contributed by atoms with Gasteiger partial charge in [-0.1, -0.05) is 30.3 Å². The maximum absolute atomic E-state index is 13.2. The van der Waals surface area contributed by atoms with Gasteiger partial charge in [-0.3, -0.25) is 23.6 Å². The van der Waals surface area contributed by atoms with Crippen LogP contribution in [0.15, 0.2) is 46.0 Å². The molecular weight excluding hydrogens is 394 g/mol. The first-order valence-corrected chi connectivity index (χ1v) is 11.0. The van der Waals surface area contributed by atoms with Crippen LogP contribution in [-0.2, 0) is 25.4 Å². The molecule has 0 N–H and O–H groups in total. The highest BCUT2D eigenvalue weighted by Crippen LogP contribution is 2.23. The van der Waals surface area contributed by atoms with E-state index in [4.69, 9.17) is 0 Å². The number of benzene rings is 1. The summed E-state index contributed by atoms with van der Waals surface area (Å²) in [4.78, 5) is 44.0. The summed E-state index contributed by atoms with van der Waals surface area (Å²) in [5.41, 5.74) is 0.636. The standard InChI is InChI=1S/C23H31N5O3/c1-24-20(15-21(29)25(2)23(24)31)28-10-6-9-19(17-28)22(30)27-13-11-26(12-14-27)16-18-7-4-3-5-8-18/h3-5,7-8,15,19H,6,9-14,16-17H2,1-2H3. The van der Waals surface area contributed by atoms with Crippen LogP contribution >= 0.6 is 0 Å². The Balaban J connectivity index is 1.38. The van der Waals surface area contributed by atoms with Crippen molar-refractivity contribution in [1.82, 2.24) is 18.9 Å². The molecule has 3 heterocycles. The molecule has 2 fully saturated rings. The molecule has 2 saturated heterocycles. The number of anilines is 1. The maximum atomic E-state index is 13.2. The molecule has 1 atom stereocenters. The lowest BCUT2D eigenvalue weighted by Crippen LogP contribution is -2.52. The minimum Gasteiger partial charge on any atom is -0.357 e. The Bertz CT molecular complexity index is 1040. The van der Waals surface area contributed by atoms with E-state index in [1.54, 1.807) is 7.05 Å². The molecule has 2 aromatic rings. The summed E-state index contributed by atoms with van der Waals surface area (Å²) in [6.45, 7) is 5.44. The van der Waals surface area contributed by atoms with Crippen LogP contribution in [0.4, 0.5) is 5.82 Å². The molecule has 8 heteroatoms. The van der Waals surface area contributed by atoms with E-state index < -0.39 is 0 Å². The fourth-order valence-corrected chi connectivity index (χ4v) is 4.64. The number of carbonyl (C=O) groups excluding carboxylic acids is 1. The third kappa shape index (κ3) is 4.58. The van der Waals surface area contributed by atoms with E-state index in [-0.39, 0.29) is 23.1 Å². The Morgan fingerprint density at radius 1 is 0.968 bits per heavy atom. The summed E-state index contributed by atoms with van der Waals surface area (Å²) in [5, 5.41) is 0.